The highest BCUT2D eigenvalue weighted by Gasteiger charge is 2.52. The lowest BCUT2D eigenvalue weighted by molar-refractivity contribution is -0.260. The molecule has 0 N–H and O–H groups in total. The topological polar surface area (TPSA) is 67.9 Å². The third-order valence-electron chi connectivity index (χ3n) is 9.53. The van der Waals surface area contributed by atoms with E-state index in [1.54, 1.807) is 24.3 Å². The molecular formula is C40H54NO5. The summed E-state index contributed by atoms with van der Waals surface area (Å²) in [7, 11) is 0. The standard InChI is InChI=1S/C40H54NO5/c1-5-7-9-11-13-15-31-45-36-24-18-33(19-25-36)39(3)28-29-40(4,41(39)43)34-20-26-37(27-21-34)46-38(42)32-16-22-35(23-17-32)44-30-14-12-10-8-6-2/h16-27H,5-15,28-31H2,1-4H3. The molecule has 0 bridgehead atoms. The first-order valence-corrected chi connectivity index (χ1v) is 17.6. The van der Waals surface area contributed by atoms with Crippen LogP contribution in [0.5, 0.6) is 17.2 Å². The Balaban J connectivity index is 1.28. The lowest BCUT2D eigenvalue weighted by Crippen LogP contribution is -2.44. The second kappa shape index (κ2) is 17.5. The first-order valence-electron chi connectivity index (χ1n) is 17.6. The van der Waals surface area contributed by atoms with E-state index < -0.39 is 17.0 Å². The number of carbonyl (C=O) groups excluding carboxylic acids is 1. The monoisotopic (exact) mass is 628 g/mol. The predicted molar refractivity (Wildman–Crippen MR) is 184 cm³/mol. The zero-order valence-electron chi connectivity index (χ0n) is 28.5. The molecule has 1 heterocycles. The summed E-state index contributed by atoms with van der Waals surface area (Å²) in [5.41, 5.74) is 1.01. The van der Waals surface area contributed by atoms with Crippen molar-refractivity contribution in [1.29, 1.82) is 0 Å². The summed E-state index contributed by atoms with van der Waals surface area (Å²) in [4.78, 5) is 12.8. The van der Waals surface area contributed by atoms with Crippen LogP contribution in [0.3, 0.4) is 0 Å². The van der Waals surface area contributed by atoms with Gasteiger partial charge in [-0.1, -0.05) is 95.9 Å². The van der Waals surface area contributed by atoms with E-state index in [9.17, 15) is 10.0 Å². The smallest absolute Gasteiger partial charge is 0.343 e. The molecule has 0 saturated carbocycles. The van der Waals surface area contributed by atoms with E-state index >= 15 is 0 Å². The van der Waals surface area contributed by atoms with E-state index in [-0.39, 0.29) is 0 Å². The molecule has 0 amide bonds. The maximum Gasteiger partial charge on any atom is 0.343 e. The van der Waals surface area contributed by atoms with Crippen molar-refractivity contribution in [2.45, 2.75) is 122 Å². The number of benzene rings is 3. The van der Waals surface area contributed by atoms with Gasteiger partial charge >= 0.3 is 5.97 Å². The zero-order chi connectivity index (χ0) is 32.8. The Bertz CT molecular complexity index is 1320. The SMILES string of the molecule is CCCCCCCCOc1ccc(C2(C)CCC(C)(c3ccc(OC(=O)c4ccc(OCCCCCCC)cc4)cc3)N2[O])cc1. The number of ether oxygens (including phenoxy) is 3. The van der Waals surface area contributed by atoms with E-state index in [0.717, 1.165) is 54.9 Å². The van der Waals surface area contributed by atoms with Gasteiger partial charge in [0, 0.05) is 0 Å². The fraction of sp³-hybridized carbons (Fsp3) is 0.525. The Labute approximate surface area is 277 Å². The number of rotatable bonds is 19. The molecule has 1 saturated heterocycles. The van der Waals surface area contributed by atoms with Gasteiger partial charge in [-0.25, -0.2) is 4.79 Å². The molecule has 2 atom stereocenters. The first-order chi connectivity index (χ1) is 22.3. The quantitative estimate of drug-likeness (QED) is 0.0750. The second-order valence-corrected chi connectivity index (χ2v) is 13.2. The van der Waals surface area contributed by atoms with Crippen LogP contribution in [-0.2, 0) is 16.3 Å². The molecule has 3 aromatic carbocycles. The number of hydroxylamine groups is 2. The highest BCUT2D eigenvalue weighted by Crippen LogP contribution is 2.51. The third-order valence-corrected chi connectivity index (χ3v) is 9.53. The average molecular weight is 629 g/mol. The van der Waals surface area contributed by atoms with Crippen molar-refractivity contribution < 1.29 is 24.2 Å². The average Bonchev–Trinajstić information content (AvgIpc) is 3.32. The summed E-state index contributed by atoms with van der Waals surface area (Å²) in [6, 6.07) is 22.5. The number of unbranched alkanes of at least 4 members (excludes halogenated alkanes) is 9. The van der Waals surface area contributed by atoms with Gasteiger partial charge in [0.1, 0.15) is 17.2 Å². The minimum atomic E-state index is -0.698. The van der Waals surface area contributed by atoms with E-state index in [4.69, 9.17) is 14.2 Å². The van der Waals surface area contributed by atoms with Crippen LogP contribution in [0.2, 0.25) is 0 Å². The summed E-state index contributed by atoms with van der Waals surface area (Å²) in [6.45, 7) is 9.87. The fourth-order valence-corrected chi connectivity index (χ4v) is 6.37. The van der Waals surface area contributed by atoms with Gasteiger partial charge in [0.15, 0.2) is 0 Å². The van der Waals surface area contributed by atoms with Crippen LogP contribution < -0.4 is 14.2 Å². The van der Waals surface area contributed by atoms with Crippen LogP contribution in [0.25, 0.3) is 0 Å². The zero-order valence-corrected chi connectivity index (χ0v) is 28.5. The molecule has 1 fully saturated rings. The Morgan fingerprint density at radius 2 is 0.978 bits per heavy atom. The van der Waals surface area contributed by atoms with Crippen LogP contribution in [0.4, 0.5) is 0 Å². The number of hydrogen-bond donors (Lipinski definition) is 0. The minimum Gasteiger partial charge on any atom is -0.494 e. The van der Waals surface area contributed by atoms with Crippen molar-refractivity contribution in [1.82, 2.24) is 5.06 Å². The predicted octanol–water partition coefficient (Wildman–Crippen LogP) is 10.6. The molecule has 0 aliphatic carbocycles. The van der Waals surface area contributed by atoms with Crippen molar-refractivity contribution in [3.8, 4) is 17.2 Å². The molecule has 1 aliphatic heterocycles. The van der Waals surface area contributed by atoms with Crippen LogP contribution in [0, 0.1) is 0 Å². The van der Waals surface area contributed by atoms with Gasteiger partial charge in [0.2, 0.25) is 0 Å². The lowest BCUT2D eigenvalue weighted by Gasteiger charge is -2.37. The van der Waals surface area contributed by atoms with Gasteiger partial charge in [-0.15, -0.1) is 10.3 Å². The highest BCUT2D eigenvalue weighted by molar-refractivity contribution is 5.91. The number of hydrogen-bond acceptors (Lipinski definition) is 5. The van der Waals surface area contributed by atoms with Crippen molar-refractivity contribution in [3.63, 3.8) is 0 Å². The van der Waals surface area contributed by atoms with E-state index in [2.05, 4.69) is 13.8 Å². The van der Waals surface area contributed by atoms with Crippen molar-refractivity contribution in [3.05, 3.63) is 89.5 Å². The molecular weight excluding hydrogens is 574 g/mol. The molecule has 46 heavy (non-hydrogen) atoms. The maximum atomic E-state index is 13.9. The molecule has 6 nitrogen and oxygen atoms in total. The van der Waals surface area contributed by atoms with E-state index in [1.165, 1.54) is 62.9 Å². The normalized spacial score (nSPS) is 19.7. The van der Waals surface area contributed by atoms with Crippen LogP contribution in [0.15, 0.2) is 72.8 Å². The fourth-order valence-electron chi connectivity index (χ4n) is 6.37. The Hall–Kier alpha value is -3.35. The maximum absolute atomic E-state index is 13.9. The van der Waals surface area contributed by atoms with Crippen LogP contribution >= 0.6 is 0 Å². The van der Waals surface area contributed by atoms with Gasteiger partial charge < -0.3 is 14.2 Å². The van der Waals surface area contributed by atoms with Crippen molar-refractivity contribution in [2.24, 2.45) is 0 Å². The summed E-state index contributed by atoms with van der Waals surface area (Å²) in [5, 5.41) is 15.2. The van der Waals surface area contributed by atoms with Gasteiger partial charge in [-0.2, -0.15) is 0 Å². The molecule has 0 aromatic heterocycles. The first kappa shape index (κ1) is 35.5. The van der Waals surface area contributed by atoms with Crippen molar-refractivity contribution in [2.75, 3.05) is 13.2 Å². The Morgan fingerprint density at radius 3 is 1.43 bits per heavy atom. The van der Waals surface area contributed by atoms with E-state index in [1.807, 2.05) is 62.4 Å². The van der Waals surface area contributed by atoms with E-state index in [0.29, 0.717) is 17.9 Å². The molecule has 1 radical (unpaired) electrons. The van der Waals surface area contributed by atoms with Crippen LogP contribution in [-0.4, -0.2) is 24.2 Å². The number of nitrogens with zero attached hydrogens (tertiary/aromatic N) is 1. The largest absolute Gasteiger partial charge is 0.494 e. The molecule has 4 rings (SSSR count). The summed E-state index contributed by atoms with van der Waals surface area (Å²) in [6.07, 6.45) is 14.8. The van der Waals surface area contributed by atoms with Crippen LogP contribution in [0.1, 0.15) is 133 Å². The Kier molecular flexibility index (Phi) is 13.5. The molecule has 0 spiro atoms. The van der Waals surface area contributed by atoms with Gasteiger partial charge in [0.25, 0.3) is 0 Å². The molecule has 6 heteroatoms. The van der Waals surface area contributed by atoms with Gasteiger partial charge in [-0.05, 0) is 99.2 Å². The number of esters is 1. The second-order valence-electron chi connectivity index (χ2n) is 13.2. The highest BCUT2D eigenvalue weighted by atomic mass is 16.5. The molecule has 3 aromatic rings. The lowest BCUT2D eigenvalue weighted by atomic mass is 9.89. The minimum absolute atomic E-state index is 0.427. The number of carbonyl (C=O) groups is 1. The summed E-state index contributed by atoms with van der Waals surface area (Å²) in [5.74, 6) is 1.62. The molecule has 249 valence electrons. The molecule has 2 unspecified atom stereocenters. The third kappa shape index (κ3) is 9.36. The Morgan fingerprint density at radius 1 is 0.587 bits per heavy atom. The van der Waals surface area contributed by atoms with Gasteiger partial charge in [0.05, 0.1) is 29.9 Å². The van der Waals surface area contributed by atoms with Gasteiger partial charge in [-0.3, -0.25) is 0 Å². The summed E-state index contributed by atoms with van der Waals surface area (Å²) < 4.78 is 17.4. The summed E-state index contributed by atoms with van der Waals surface area (Å²) >= 11 is 0. The molecule has 1 aliphatic rings. The van der Waals surface area contributed by atoms with Crippen molar-refractivity contribution >= 4 is 5.97 Å².